The minimum Gasteiger partial charge on any atom is -0.339 e. The van der Waals surface area contributed by atoms with Crippen LogP contribution in [-0.2, 0) is 6.42 Å². The molecule has 1 aromatic heterocycles. The van der Waals surface area contributed by atoms with Crippen molar-refractivity contribution in [2.24, 2.45) is 0 Å². The van der Waals surface area contributed by atoms with Gasteiger partial charge in [0, 0.05) is 12.1 Å². The molecule has 1 atom stereocenters. The van der Waals surface area contributed by atoms with Crippen LogP contribution in [0.15, 0.2) is 28.8 Å². The normalized spacial score (nSPS) is 16.4. The third kappa shape index (κ3) is 6.93. The van der Waals surface area contributed by atoms with Gasteiger partial charge in [0.2, 0.25) is 11.7 Å². The van der Waals surface area contributed by atoms with E-state index >= 15 is 0 Å². The predicted octanol–water partition coefficient (Wildman–Crippen LogP) is 5.92. The van der Waals surface area contributed by atoms with Gasteiger partial charge in [-0.3, -0.25) is 0 Å². The number of aromatic nitrogens is 2. The third-order valence-corrected chi connectivity index (χ3v) is 5.38. The summed E-state index contributed by atoms with van der Waals surface area (Å²) in [6.45, 7) is 4.25. The second kappa shape index (κ2) is 12.1. The van der Waals surface area contributed by atoms with Gasteiger partial charge in [0.1, 0.15) is 0 Å². The SMILES string of the molecule is CCCCCCCCCCc1ccc(-c2noc(C3CCNC3)n2)cc1.Cl. The molecular formula is C22H34ClN3O. The number of hydrogen-bond donors (Lipinski definition) is 1. The zero-order valence-corrected chi connectivity index (χ0v) is 17.4. The van der Waals surface area contributed by atoms with Crippen LogP contribution >= 0.6 is 12.4 Å². The zero-order chi connectivity index (χ0) is 18.0. The Balaban J connectivity index is 0.00000261. The Morgan fingerprint density at radius 2 is 1.70 bits per heavy atom. The monoisotopic (exact) mass is 391 g/mol. The molecule has 2 aromatic rings. The fourth-order valence-electron chi connectivity index (χ4n) is 3.67. The highest BCUT2D eigenvalue weighted by Gasteiger charge is 2.22. The fraction of sp³-hybridized carbons (Fsp3) is 0.636. The number of halogens is 1. The van der Waals surface area contributed by atoms with Crippen LogP contribution in [0.2, 0.25) is 0 Å². The predicted molar refractivity (Wildman–Crippen MR) is 114 cm³/mol. The molecule has 5 heteroatoms. The van der Waals surface area contributed by atoms with Gasteiger partial charge in [-0.2, -0.15) is 4.98 Å². The van der Waals surface area contributed by atoms with Crippen molar-refractivity contribution in [3.05, 3.63) is 35.7 Å². The van der Waals surface area contributed by atoms with Gasteiger partial charge in [-0.05, 0) is 31.4 Å². The molecule has 0 bridgehead atoms. The highest BCUT2D eigenvalue weighted by molar-refractivity contribution is 5.85. The van der Waals surface area contributed by atoms with Gasteiger partial charge in [0.05, 0.1) is 5.92 Å². The lowest BCUT2D eigenvalue weighted by Gasteiger charge is -2.03. The van der Waals surface area contributed by atoms with Crippen molar-refractivity contribution in [3.8, 4) is 11.4 Å². The smallest absolute Gasteiger partial charge is 0.231 e. The van der Waals surface area contributed by atoms with Crippen LogP contribution in [0.3, 0.4) is 0 Å². The first-order chi connectivity index (χ1) is 12.9. The summed E-state index contributed by atoms with van der Waals surface area (Å²) >= 11 is 0. The lowest BCUT2D eigenvalue weighted by atomic mass is 10.0. The molecule has 150 valence electrons. The van der Waals surface area contributed by atoms with E-state index < -0.39 is 0 Å². The van der Waals surface area contributed by atoms with E-state index in [9.17, 15) is 0 Å². The molecule has 0 amide bonds. The second-order valence-electron chi connectivity index (χ2n) is 7.57. The topological polar surface area (TPSA) is 51.0 Å². The van der Waals surface area contributed by atoms with Gasteiger partial charge in [-0.15, -0.1) is 12.4 Å². The Bertz CT molecular complexity index is 635. The molecule has 1 saturated heterocycles. The van der Waals surface area contributed by atoms with E-state index in [0.29, 0.717) is 11.7 Å². The zero-order valence-electron chi connectivity index (χ0n) is 16.6. The van der Waals surface area contributed by atoms with Crippen LogP contribution in [0.1, 0.15) is 82.1 Å². The molecule has 4 nitrogen and oxygen atoms in total. The van der Waals surface area contributed by atoms with Crippen molar-refractivity contribution < 1.29 is 4.52 Å². The van der Waals surface area contributed by atoms with E-state index in [1.54, 1.807) is 0 Å². The van der Waals surface area contributed by atoms with Gasteiger partial charge in [0.25, 0.3) is 0 Å². The molecule has 1 aliphatic rings. The van der Waals surface area contributed by atoms with Crippen LogP contribution in [0, 0.1) is 0 Å². The number of nitrogens with zero attached hydrogens (tertiary/aromatic N) is 2. The average molecular weight is 392 g/mol. The lowest BCUT2D eigenvalue weighted by Crippen LogP contribution is -2.08. The molecule has 1 N–H and O–H groups in total. The molecule has 0 radical (unpaired) electrons. The summed E-state index contributed by atoms with van der Waals surface area (Å²) in [6, 6.07) is 8.68. The first kappa shape index (κ1) is 21.9. The Kier molecular flexibility index (Phi) is 9.85. The average Bonchev–Trinajstić information content (AvgIpc) is 3.36. The highest BCUT2D eigenvalue weighted by atomic mass is 35.5. The van der Waals surface area contributed by atoms with Gasteiger partial charge in [0.15, 0.2) is 0 Å². The number of benzene rings is 1. The minimum absolute atomic E-state index is 0. The maximum absolute atomic E-state index is 5.46. The molecule has 1 fully saturated rings. The summed E-state index contributed by atoms with van der Waals surface area (Å²) in [4.78, 5) is 4.59. The number of hydrogen-bond acceptors (Lipinski definition) is 4. The first-order valence-corrected chi connectivity index (χ1v) is 10.5. The summed E-state index contributed by atoms with van der Waals surface area (Å²) < 4.78 is 5.46. The van der Waals surface area contributed by atoms with E-state index in [-0.39, 0.29) is 12.4 Å². The molecule has 0 spiro atoms. The van der Waals surface area contributed by atoms with Crippen LogP contribution in [-0.4, -0.2) is 23.2 Å². The Hall–Kier alpha value is -1.39. The van der Waals surface area contributed by atoms with E-state index in [1.807, 2.05) is 0 Å². The number of nitrogens with one attached hydrogen (secondary N) is 1. The summed E-state index contributed by atoms with van der Waals surface area (Å²) in [7, 11) is 0. The maximum atomic E-state index is 5.46. The minimum atomic E-state index is 0. The number of rotatable bonds is 11. The summed E-state index contributed by atoms with van der Waals surface area (Å²) in [5.41, 5.74) is 2.45. The van der Waals surface area contributed by atoms with Gasteiger partial charge in [-0.25, -0.2) is 0 Å². The van der Waals surface area contributed by atoms with E-state index in [1.165, 1.54) is 63.4 Å². The second-order valence-corrected chi connectivity index (χ2v) is 7.57. The van der Waals surface area contributed by atoms with Crippen molar-refractivity contribution in [1.82, 2.24) is 15.5 Å². The molecule has 1 aromatic carbocycles. The first-order valence-electron chi connectivity index (χ1n) is 10.5. The number of aryl methyl sites for hydroxylation is 1. The van der Waals surface area contributed by atoms with Crippen LogP contribution < -0.4 is 5.32 Å². The van der Waals surface area contributed by atoms with Gasteiger partial charge < -0.3 is 9.84 Å². The molecular weight excluding hydrogens is 358 g/mol. The maximum Gasteiger partial charge on any atom is 0.231 e. The molecule has 1 unspecified atom stereocenters. The van der Waals surface area contributed by atoms with Crippen LogP contribution in [0.25, 0.3) is 11.4 Å². The largest absolute Gasteiger partial charge is 0.339 e. The molecule has 27 heavy (non-hydrogen) atoms. The lowest BCUT2D eigenvalue weighted by molar-refractivity contribution is 0.359. The number of unbranched alkanes of at least 4 members (excludes halogenated alkanes) is 7. The van der Waals surface area contributed by atoms with Gasteiger partial charge >= 0.3 is 0 Å². The highest BCUT2D eigenvalue weighted by Crippen LogP contribution is 2.24. The van der Waals surface area contributed by atoms with E-state index in [2.05, 4.69) is 46.6 Å². The van der Waals surface area contributed by atoms with Gasteiger partial charge in [-0.1, -0.05) is 81.3 Å². The quantitative estimate of drug-likeness (QED) is 0.483. The summed E-state index contributed by atoms with van der Waals surface area (Å²) in [5.74, 6) is 1.86. The van der Waals surface area contributed by atoms with Crippen LogP contribution in [0.4, 0.5) is 0 Å². The fourth-order valence-corrected chi connectivity index (χ4v) is 3.67. The van der Waals surface area contributed by atoms with E-state index in [0.717, 1.165) is 31.0 Å². The Labute approximate surface area is 169 Å². The standard InChI is InChI=1S/C22H33N3O.ClH/c1-2-3-4-5-6-7-8-9-10-18-11-13-19(14-12-18)21-24-22(26-25-21)20-15-16-23-17-20;/h11-14,20,23H,2-10,15-17H2,1H3;1H. The Morgan fingerprint density at radius 1 is 1.00 bits per heavy atom. The van der Waals surface area contributed by atoms with Crippen LogP contribution in [0.5, 0.6) is 0 Å². The summed E-state index contributed by atoms with van der Waals surface area (Å²) in [6.07, 6.45) is 13.2. The molecule has 3 rings (SSSR count). The van der Waals surface area contributed by atoms with E-state index in [4.69, 9.17) is 4.52 Å². The molecule has 1 aliphatic heterocycles. The van der Waals surface area contributed by atoms with Crippen molar-refractivity contribution in [2.45, 2.75) is 77.0 Å². The van der Waals surface area contributed by atoms with Crippen molar-refractivity contribution in [1.29, 1.82) is 0 Å². The van der Waals surface area contributed by atoms with Crippen molar-refractivity contribution >= 4 is 12.4 Å². The third-order valence-electron chi connectivity index (χ3n) is 5.38. The van der Waals surface area contributed by atoms with Crippen molar-refractivity contribution in [3.63, 3.8) is 0 Å². The summed E-state index contributed by atoms with van der Waals surface area (Å²) in [5, 5.41) is 7.50. The molecule has 0 aliphatic carbocycles. The Morgan fingerprint density at radius 3 is 2.37 bits per heavy atom. The molecule has 2 heterocycles. The van der Waals surface area contributed by atoms with Crippen molar-refractivity contribution in [2.75, 3.05) is 13.1 Å². The molecule has 0 saturated carbocycles.